The summed E-state index contributed by atoms with van der Waals surface area (Å²) in [6.45, 7) is 1.94. The topological polar surface area (TPSA) is 89.3 Å². The fraction of sp³-hybridized carbons (Fsp3) is 0.375. The van der Waals surface area contributed by atoms with Crippen LogP contribution in [0.3, 0.4) is 0 Å². The van der Waals surface area contributed by atoms with E-state index in [1.165, 1.54) is 12.8 Å². The van der Waals surface area contributed by atoms with E-state index in [0.29, 0.717) is 28.9 Å². The van der Waals surface area contributed by atoms with Crippen LogP contribution in [0.15, 0.2) is 59.1 Å². The van der Waals surface area contributed by atoms with Crippen LogP contribution < -0.4 is 15.4 Å². The Morgan fingerprint density at radius 3 is 2.45 bits per heavy atom. The van der Waals surface area contributed by atoms with Crippen molar-refractivity contribution < 1.29 is 14.1 Å². The van der Waals surface area contributed by atoms with E-state index in [1.54, 1.807) is 6.92 Å². The molecule has 1 saturated carbocycles. The average molecular weight is 421 g/mol. The molecule has 0 aliphatic heterocycles. The van der Waals surface area contributed by atoms with E-state index in [2.05, 4.69) is 20.8 Å². The second-order valence-corrected chi connectivity index (χ2v) is 7.95. The van der Waals surface area contributed by atoms with Crippen molar-refractivity contribution in [2.24, 2.45) is 0 Å². The molecule has 2 aromatic carbocycles. The molecule has 0 saturated heterocycles. The number of carbonyl (C=O) groups excluding carboxylic acids is 1. The fourth-order valence-electron chi connectivity index (χ4n) is 4.02. The second kappa shape index (κ2) is 9.75. The van der Waals surface area contributed by atoms with Crippen LogP contribution >= 0.6 is 0 Å². The molecule has 0 radical (unpaired) electrons. The third-order valence-electron chi connectivity index (χ3n) is 5.63. The molecule has 1 aliphatic rings. The van der Waals surface area contributed by atoms with Crippen LogP contribution in [0.25, 0.3) is 0 Å². The summed E-state index contributed by atoms with van der Waals surface area (Å²) in [5.41, 5.74) is 0.189. The molecular formula is C24H28N4O3. The quantitative estimate of drug-likeness (QED) is 0.526. The van der Waals surface area contributed by atoms with E-state index < -0.39 is 5.54 Å². The van der Waals surface area contributed by atoms with Gasteiger partial charge in [0.05, 0.1) is 17.8 Å². The number of benzene rings is 2. The lowest BCUT2D eigenvalue weighted by molar-refractivity contribution is -0.115. The lowest BCUT2D eigenvalue weighted by Crippen LogP contribution is -2.46. The SMILES string of the molecule is Cc1nc(C2(NCC(=O)Nc3ccccc3Oc3ccccc3)CCCCCC2)no1. The van der Waals surface area contributed by atoms with Crippen molar-refractivity contribution >= 4 is 11.6 Å². The van der Waals surface area contributed by atoms with Gasteiger partial charge in [0.15, 0.2) is 11.6 Å². The normalized spacial score (nSPS) is 15.8. The van der Waals surface area contributed by atoms with Gasteiger partial charge in [-0.25, -0.2) is 0 Å². The average Bonchev–Trinajstić information content (AvgIpc) is 3.08. The van der Waals surface area contributed by atoms with Crippen LogP contribution in [-0.4, -0.2) is 22.6 Å². The minimum Gasteiger partial charge on any atom is -0.455 e. The smallest absolute Gasteiger partial charge is 0.238 e. The number of nitrogens with one attached hydrogen (secondary N) is 2. The highest BCUT2D eigenvalue weighted by molar-refractivity contribution is 5.93. The first kappa shape index (κ1) is 21.1. The summed E-state index contributed by atoms with van der Waals surface area (Å²) in [4.78, 5) is 17.3. The van der Waals surface area contributed by atoms with Gasteiger partial charge in [-0.15, -0.1) is 0 Å². The van der Waals surface area contributed by atoms with Crippen molar-refractivity contribution in [2.75, 3.05) is 11.9 Å². The number of ether oxygens (including phenoxy) is 1. The molecule has 4 rings (SSSR count). The molecule has 1 aromatic heterocycles. The number of anilines is 1. The predicted molar refractivity (Wildman–Crippen MR) is 118 cm³/mol. The number of rotatable bonds is 7. The highest BCUT2D eigenvalue weighted by Gasteiger charge is 2.37. The van der Waals surface area contributed by atoms with Crippen molar-refractivity contribution in [3.05, 3.63) is 66.3 Å². The van der Waals surface area contributed by atoms with E-state index in [9.17, 15) is 4.79 Å². The van der Waals surface area contributed by atoms with Gasteiger partial charge < -0.3 is 14.6 Å². The first-order valence-electron chi connectivity index (χ1n) is 10.8. The first-order chi connectivity index (χ1) is 15.1. The van der Waals surface area contributed by atoms with Crippen molar-refractivity contribution in [2.45, 2.75) is 51.0 Å². The van der Waals surface area contributed by atoms with Gasteiger partial charge in [-0.1, -0.05) is 61.2 Å². The Morgan fingerprint density at radius 2 is 1.74 bits per heavy atom. The van der Waals surface area contributed by atoms with Gasteiger partial charge in [0, 0.05) is 6.92 Å². The Hall–Kier alpha value is -3.19. The Labute approximate surface area is 182 Å². The summed E-state index contributed by atoms with van der Waals surface area (Å²) in [6.07, 6.45) is 6.25. The summed E-state index contributed by atoms with van der Waals surface area (Å²) in [6, 6.07) is 16.9. The zero-order valence-electron chi connectivity index (χ0n) is 17.8. The summed E-state index contributed by atoms with van der Waals surface area (Å²) >= 11 is 0. The molecule has 162 valence electrons. The van der Waals surface area contributed by atoms with Crippen LogP contribution in [0, 0.1) is 6.92 Å². The van der Waals surface area contributed by atoms with Gasteiger partial charge in [0.2, 0.25) is 11.8 Å². The third kappa shape index (κ3) is 5.30. The number of hydrogen-bond acceptors (Lipinski definition) is 6. The maximum atomic E-state index is 12.8. The molecule has 0 atom stereocenters. The minimum atomic E-state index is -0.439. The molecule has 7 heteroatoms. The lowest BCUT2D eigenvalue weighted by atomic mass is 9.89. The van der Waals surface area contributed by atoms with Crippen molar-refractivity contribution in [3.8, 4) is 11.5 Å². The number of aryl methyl sites for hydroxylation is 1. The number of amides is 1. The Bertz CT molecular complexity index is 995. The van der Waals surface area contributed by atoms with E-state index in [0.717, 1.165) is 25.7 Å². The molecule has 31 heavy (non-hydrogen) atoms. The lowest BCUT2D eigenvalue weighted by Gasteiger charge is -2.30. The number of hydrogen-bond donors (Lipinski definition) is 2. The van der Waals surface area contributed by atoms with E-state index in [4.69, 9.17) is 9.26 Å². The van der Waals surface area contributed by atoms with Crippen LogP contribution in [0.5, 0.6) is 11.5 Å². The zero-order chi connectivity index (χ0) is 21.5. The maximum absolute atomic E-state index is 12.8. The predicted octanol–water partition coefficient (Wildman–Crippen LogP) is 4.95. The standard InChI is InChI=1S/C24H28N4O3/c1-18-26-23(28-31-18)24(15-9-2-3-10-16-24)25-17-22(29)27-20-13-7-8-14-21(20)30-19-11-5-4-6-12-19/h4-8,11-14,25H,2-3,9-10,15-17H2,1H3,(H,27,29). The highest BCUT2D eigenvalue weighted by Crippen LogP contribution is 2.34. The fourth-order valence-corrected chi connectivity index (χ4v) is 4.02. The Kier molecular flexibility index (Phi) is 6.62. The molecule has 1 heterocycles. The van der Waals surface area contributed by atoms with Gasteiger partial charge in [-0.3, -0.25) is 10.1 Å². The Morgan fingerprint density at radius 1 is 1.03 bits per heavy atom. The van der Waals surface area contributed by atoms with E-state index in [1.807, 2.05) is 54.6 Å². The highest BCUT2D eigenvalue weighted by atomic mass is 16.5. The molecule has 7 nitrogen and oxygen atoms in total. The molecular weight excluding hydrogens is 392 g/mol. The molecule has 1 amide bonds. The molecule has 0 unspecified atom stereocenters. The molecule has 0 spiro atoms. The molecule has 0 bridgehead atoms. The third-order valence-corrected chi connectivity index (χ3v) is 5.63. The van der Waals surface area contributed by atoms with Crippen LogP contribution in [0.2, 0.25) is 0 Å². The van der Waals surface area contributed by atoms with Crippen LogP contribution in [0.4, 0.5) is 5.69 Å². The van der Waals surface area contributed by atoms with Gasteiger partial charge in [-0.2, -0.15) is 4.98 Å². The number of nitrogens with zero attached hydrogens (tertiary/aromatic N) is 2. The maximum Gasteiger partial charge on any atom is 0.238 e. The van der Waals surface area contributed by atoms with Crippen LogP contribution in [0.1, 0.15) is 50.2 Å². The summed E-state index contributed by atoms with van der Waals surface area (Å²) in [5.74, 6) is 2.35. The van der Waals surface area contributed by atoms with Crippen LogP contribution in [-0.2, 0) is 10.3 Å². The number of aromatic nitrogens is 2. The first-order valence-corrected chi connectivity index (χ1v) is 10.8. The summed E-state index contributed by atoms with van der Waals surface area (Å²) in [7, 11) is 0. The van der Waals surface area contributed by atoms with Gasteiger partial charge in [0.1, 0.15) is 5.75 Å². The van der Waals surface area contributed by atoms with E-state index >= 15 is 0 Å². The molecule has 1 fully saturated rings. The summed E-state index contributed by atoms with van der Waals surface area (Å²) in [5, 5.41) is 10.6. The monoisotopic (exact) mass is 420 g/mol. The van der Waals surface area contributed by atoms with Gasteiger partial charge in [-0.05, 0) is 37.1 Å². The summed E-state index contributed by atoms with van der Waals surface area (Å²) < 4.78 is 11.2. The van der Waals surface area contributed by atoms with Crippen molar-refractivity contribution in [1.29, 1.82) is 0 Å². The number of para-hydroxylation sites is 3. The van der Waals surface area contributed by atoms with Crippen molar-refractivity contribution in [3.63, 3.8) is 0 Å². The second-order valence-electron chi connectivity index (χ2n) is 7.95. The Balaban J connectivity index is 1.45. The minimum absolute atomic E-state index is 0.145. The molecule has 2 N–H and O–H groups in total. The number of carbonyl (C=O) groups is 1. The van der Waals surface area contributed by atoms with Crippen molar-refractivity contribution in [1.82, 2.24) is 15.5 Å². The zero-order valence-corrected chi connectivity index (χ0v) is 17.8. The van der Waals surface area contributed by atoms with E-state index in [-0.39, 0.29) is 12.5 Å². The molecule has 3 aromatic rings. The largest absolute Gasteiger partial charge is 0.455 e. The molecule has 1 aliphatic carbocycles. The van der Waals surface area contributed by atoms with Gasteiger partial charge in [0.25, 0.3) is 0 Å². The van der Waals surface area contributed by atoms with Gasteiger partial charge >= 0.3 is 0 Å².